The Labute approximate surface area is 121 Å². The van der Waals surface area contributed by atoms with Crippen molar-refractivity contribution in [2.75, 3.05) is 18.9 Å². The highest BCUT2D eigenvalue weighted by atomic mass is 16.5. The average Bonchev–Trinajstić information content (AvgIpc) is 2.38. The van der Waals surface area contributed by atoms with E-state index in [2.05, 4.69) is 19.2 Å². The first-order valence-corrected chi connectivity index (χ1v) is 7.30. The fourth-order valence-corrected chi connectivity index (χ4v) is 1.83. The number of carbonyl (C=O) groups excluding carboxylic acids is 1. The fraction of sp³-hybridized carbons (Fsp3) is 0.562. The van der Waals surface area contributed by atoms with Crippen molar-refractivity contribution in [2.24, 2.45) is 5.92 Å². The molecule has 0 aliphatic carbocycles. The maximum atomic E-state index is 11.4. The predicted octanol–water partition coefficient (Wildman–Crippen LogP) is 2.76. The zero-order valence-electron chi connectivity index (χ0n) is 12.7. The normalized spacial score (nSPS) is 10.6. The summed E-state index contributed by atoms with van der Waals surface area (Å²) in [7, 11) is 0. The van der Waals surface area contributed by atoms with Crippen molar-refractivity contribution in [3.05, 3.63) is 23.8 Å². The van der Waals surface area contributed by atoms with Crippen LogP contribution in [-0.2, 0) is 11.2 Å². The molecule has 3 N–H and O–H groups in total. The van der Waals surface area contributed by atoms with E-state index in [-0.39, 0.29) is 5.91 Å². The van der Waals surface area contributed by atoms with E-state index < -0.39 is 0 Å². The van der Waals surface area contributed by atoms with Gasteiger partial charge in [-0.2, -0.15) is 0 Å². The van der Waals surface area contributed by atoms with Crippen molar-refractivity contribution in [3.63, 3.8) is 0 Å². The quantitative estimate of drug-likeness (QED) is 0.719. The van der Waals surface area contributed by atoms with Crippen molar-refractivity contribution in [3.8, 4) is 5.75 Å². The summed E-state index contributed by atoms with van der Waals surface area (Å²) in [6, 6.07) is 5.76. The molecule has 0 aliphatic rings. The van der Waals surface area contributed by atoms with Gasteiger partial charge in [0.1, 0.15) is 5.75 Å². The van der Waals surface area contributed by atoms with Crippen LogP contribution in [0, 0.1) is 5.92 Å². The molecule has 4 nitrogen and oxygen atoms in total. The van der Waals surface area contributed by atoms with Gasteiger partial charge in [-0.1, -0.05) is 19.9 Å². The molecule has 0 saturated carbocycles. The molecular weight excluding hydrogens is 252 g/mol. The van der Waals surface area contributed by atoms with E-state index >= 15 is 0 Å². The van der Waals surface area contributed by atoms with Crippen LogP contribution in [0.3, 0.4) is 0 Å². The van der Waals surface area contributed by atoms with Crippen molar-refractivity contribution in [1.82, 2.24) is 5.32 Å². The molecule has 0 unspecified atom stereocenters. The minimum atomic E-state index is 0.0725. The molecule has 0 radical (unpaired) electrons. The number of nitrogens with two attached hydrogens (primary N) is 1. The summed E-state index contributed by atoms with van der Waals surface area (Å²) in [5, 5.41) is 2.79. The van der Waals surface area contributed by atoms with Crippen LogP contribution in [0.15, 0.2) is 18.2 Å². The van der Waals surface area contributed by atoms with E-state index in [0.717, 1.165) is 17.7 Å². The van der Waals surface area contributed by atoms with Crippen molar-refractivity contribution in [1.29, 1.82) is 0 Å². The fourth-order valence-electron chi connectivity index (χ4n) is 1.83. The van der Waals surface area contributed by atoms with Gasteiger partial charge in [-0.25, -0.2) is 0 Å². The number of benzene rings is 1. The summed E-state index contributed by atoms with van der Waals surface area (Å²) in [5.74, 6) is 1.42. The zero-order chi connectivity index (χ0) is 15.0. The monoisotopic (exact) mass is 278 g/mol. The van der Waals surface area contributed by atoms with Crippen LogP contribution in [0.5, 0.6) is 5.75 Å². The molecule has 1 aromatic carbocycles. The Bertz CT molecular complexity index is 430. The highest BCUT2D eigenvalue weighted by Gasteiger charge is 2.05. The SMILES string of the molecule is CCNC(=O)CCc1ccc(OCCC(C)C)c(N)c1. The standard InChI is InChI=1S/C16H26N2O2/c1-4-18-16(19)8-6-13-5-7-15(14(17)11-13)20-10-9-12(2)3/h5,7,11-12H,4,6,8-10,17H2,1-3H3,(H,18,19). The Morgan fingerprint density at radius 1 is 1.40 bits per heavy atom. The van der Waals surface area contributed by atoms with Crippen LogP contribution in [-0.4, -0.2) is 19.1 Å². The molecule has 112 valence electrons. The van der Waals surface area contributed by atoms with Crippen LogP contribution < -0.4 is 15.8 Å². The maximum Gasteiger partial charge on any atom is 0.220 e. The number of hydrogen-bond donors (Lipinski definition) is 2. The molecular formula is C16H26N2O2. The predicted molar refractivity (Wildman–Crippen MR) is 82.8 cm³/mol. The third kappa shape index (κ3) is 5.95. The zero-order valence-corrected chi connectivity index (χ0v) is 12.7. The molecule has 0 heterocycles. The molecule has 0 spiro atoms. The van der Waals surface area contributed by atoms with E-state index in [4.69, 9.17) is 10.5 Å². The Balaban J connectivity index is 2.48. The Hall–Kier alpha value is -1.71. The van der Waals surface area contributed by atoms with Gasteiger partial charge in [0.05, 0.1) is 12.3 Å². The van der Waals surface area contributed by atoms with Crippen molar-refractivity contribution in [2.45, 2.75) is 40.0 Å². The summed E-state index contributed by atoms with van der Waals surface area (Å²) >= 11 is 0. The minimum Gasteiger partial charge on any atom is -0.491 e. The van der Waals surface area contributed by atoms with Crippen molar-refractivity contribution < 1.29 is 9.53 Å². The van der Waals surface area contributed by atoms with E-state index in [1.54, 1.807) is 0 Å². The summed E-state index contributed by atoms with van der Waals surface area (Å²) < 4.78 is 5.66. The highest BCUT2D eigenvalue weighted by Crippen LogP contribution is 2.23. The third-order valence-electron chi connectivity index (χ3n) is 3.04. The lowest BCUT2D eigenvalue weighted by Gasteiger charge is -2.11. The number of nitrogen functional groups attached to an aromatic ring is 1. The smallest absolute Gasteiger partial charge is 0.220 e. The number of anilines is 1. The lowest BCUT2D eigenvalue weighted by atomic mass is 10.1. The highest BCUT2D eigenvalue weighted by molar-refractivity contribution is 5.76. The molecule has 20 heavy (non-hydrogen) atoms. The topological polar surface area (TPSA) is 64.3 Å². The molecule has 0 aromatic heterocycles. The Morgan fingerprint density at radius 2 is 2.15 bits per heavy atom. The van der Waals surface area contributed by atoms with E-state index in [1.807, 2.05) is 25.1 Å². The second-order valence-corrected chi connectivity index (χ2v) is 5.36. The largest absolute Gasteiger partial charge is 0.491 e. The minimum absolute atomic E-state index is 0.0725. The van der Waals surface area contributed by atoms with Gasteiger partial charge in [0, 0.05) is 13.0 Å². The molecule has 1 amide bonds. The number of carbonyl (C=O) groups is 1. The molecule has 0 atom stereocenters. The van der Waals surface area contributed by atoms with Crippen LogP contribution in [0.25, 0.3) is 0 Å². The number of aryl methyl sites for hydroxylation is 1. The van der Waals surface area contributed by atoms with E-state index in [0.29, 0.717) is 37.6 Å². The molecule has 0 saturated heterocycles. The van der Waals surface area contributed by atoms with Gasteiger partial charge in [-0.3, -0.25) is 4.79 Å². The molecule has 4 heteroatoms. The van der Waals surface area contributed by atoms with Gasteiger partial charge in [-0.05, 0) is 43.4 Å². The number of amides is 1. The molecule has 0 fully saturated rings. The van der Waals surface area contributed by atoms with Gasteiger partial charge in [-0.15, -0.1) is 0 Å². The first kappa shape index (κ1) is 16.3. The Morgan fingerprint density at radius 3 is 2.75 bits per heavy atom. The van der Waals surface area contributed by atoms with Gasteiger partial charge < -0.3 is 15.8 Å². The molecule has 0 bridgehead atoms. The number of hydrogen-bond acceptors (Lipinski definition) is 3. The summed E-state index contributed by atoms with van der Waals surface area (Å²) in [6.45, 7) is 7.59. The van der Waals surface area contributed by atoms with Crippen LogP contribution >= 0.6 is 0 Å². The van der Waals surface area contributed by atoms with E-state index in [1.165, 1.54) is 0 Å². The average molecular weight is 278 g/mol. The first-order chi connectivity index (χ1) is 9.52. The van der Waals surface area contributed by atoms with Crippen LogP contribution in [0.1, 0.15) is 39.2 Å². The van der Waals surface area contributed by atoms with Gasteiger partial charge >= 0.3 is 0 Å². The number of nitrogens with one attached hydrogen (secondary N) is 1. The lowest BCUT2D eigenvalue weighted by Crippen LogP contribution is -2.22. The lowest BCUT2D eigenvalue weighted by molar-refractivity contribution is -0.120. The summed E-state index contributed by atoms with van der Waals surface area (Å²) in [4.78, 5) is 11.4. The summed E-state index contributed by atoms with van der Waals surface area (Å²) in [6.07, 6.45) is 2.20. The van der Waals surface area contributed by atoms with Gasteiger partial charge in [0.2, 0.25) is 5.91 Å². The van der Waals surface area contributed by atoms with Crippen LogP contribution in [0.2, 0.25) is 0 Å². The van der Waals surface area contributed by atoms with Gasteiger partial charge in [0.15, 0.2) is 0 Å². The second-order valence-electron chi connectivity index (χ2n) is 5.36. The first-order valence-electron chi connectivity index (χ1n) is 7.30. The third-order valence-corrected chi connectivity index (χ3v) is 3.04. The van der Waals surface area contributed by atoms with Crippen molar-refractivity contribution >= 4 is 11.6 Å². The van der Waals surface area contributed by atoms with E-state index in [9.17, 15) is 4.79 Å². The molecule has 1 rings (SSSR count). The molecule has 0 aliphatic heterocycles. The number of rotatable bonds is 8. The molecule has 1 aromatic rings. The Kier molecular flexibility index (Phi) is 6.91. The van der Waals surface area contributed by atoms with Gasteiger partial charge in [0.25, 0.3) is 0 Å². The summed E-state index contributed by atoms with van der Waals surface area (Å²) in [5.41, 5.74) is 7.68. The number of ether oxygens (including phenoxy) is 1. The second kappa shape index (κ2) is 8.46. The maximum absolute atomic E-state index is 11.4. The van der Waals surface area contributed by atoms with Crippen LogP contribution in [0.4, 0.5) is 5.69 Å².